The summed E-state index contributed by atoms with van der Waals surface area (Å²) in [4.78, 5) is 15.5. The third kappa shape index (κ3) is 3.00. The van der Waals surface area contributed by atoms with Crippen molar-refractivity contribution in [2.45, 2.75) is 12.5 Å². The Hall–Kier alpha value is -2.27. The molecule has 1 unspecified atom stereocenters. The minimum atomic E-state index is -0.932. The number of aliphatic hydroxyl groups is 1. The van der Waals surface area contributed by atoms with E-state index in [0.717, 1.165) is 11.6 Å². The van der Waals surface area contributed by atoms with Gasteiger partial charge in [-0.2, -0.15) is 4.39 Å². The van der Waals surface area contributed by atoms with Gasteiger partial charge in [-0.25, -0.2) is 4.98 Å². The maximum Gasteiger partial charge on any atom is 0.252 e. The lowest BCUT2D eigenvalue weighted by atomic mass is 9.92. The number of aromatic nitrogens is 1. The summed E-state index contributed by atoms with van der Waals surface area (Å²) in [6.45, 7) is 1.44. The second-order valence-corrected chi connectivity index (χ2v) is 4.68. The molecule has 0 fully saturated rings. The number of benzene rings is 1. The van der Waals surface area contributed by atoms with Crippen LogP contribution in [0.15, 0.2) is 48.7 Å². The fourth-order valence-corrected chi connectivity index (χ4v) is 1.88. The molecule has 0 saturated carbocycles. The van der Waals surface area contributed by atoms with E-state index in [9.17, 15) is 14.3 Å². The summed E-state index contributed by atoms with van der Waals surface area (Å²) in [7, 11) is 0. The molecule has 2 N–H and O–H groups in total. The van der Waals surface area contributed by atoms with Gasteiger partial charge in [0.25, 0.3) is 5.91 Å². The zero-order valence-electron chi connectivity index (χ0n) is 11.0. The van der Waals surface area contributed by atoms with Gasteiger partial charge < -0.3 is 10.4 Å². The molecule has 4 nitrogen and oxygen atoms in total. The van der Waals surface area contributed by atoms with E-state index in [0.29, 0.717) is 0 Å². The summed E-state index contributed by atoms with van der Waals surface area (Å²) in [6, 6.07) is 11.6. The van der Waals surface area contributed by atoms with Crippen LogP contribution in [-0.2, 0) is 5.54 Å². The van der Waals surface area contributed by atoms with Gasteiger partial charge in [-0.05, 0) is 18.6 Å². The SMILES string of the molecule is CC(CO)(NC(=O)c1ccnc(F)c1)c1ccccc1. The normalized spacial score (nSPS) is 13.6. The highest BCUT2D eigenvalue weighted by atomic mass is 19.1. The topological polar surface area (TPSA) is 62.2 Å². The lowest BCUT2D eigenvalue weighted by molar-refractivity contribution is 0.0849. The smallest absolute Gasteiger partial charge is 0.252 e. The second-order valence-electron chi connectivity index (χ2n) is 4.68. The molecule has 20 heavy (non-hydrogen) atoms. The van der Waals surface area contributed by atoms with Crippen LogP contribution < -0.4 is 5.32 Å². The van der Waals surface area contributed by atoms with Crippen LogP contribution in [0, 0.1) is 5.95 Å². The zero-order valence-corrected chi connectivity index (χ0v) is 11.0. The molecular formula is C15H15FN2O2. The summed E-state index contributed by atoms with van der Waals surface area (Å²) in [5.74, 6) is -1.19. The summed E-state index contributed by atoms with van der Waals surface area (Å²) >= 11 is 0. The van der Waals surface area contributed by atoms with E-state index in [1.165, 1.54) is 12.3 Å². The number of aliphatic hydroxyl groups excluding tert-OH is 1. The number of nitrogens with one attached hydrogen (secondary N) is 1. The highest BCUT2D eigenvalue weighted by molar-refractivity contribution is 5.94. The Bertz CT molecular complexity index is 604. The van der Waals surface area contributed by atoms with Gasteiger partial charge >= 0.3 is 0 Å². The van der Waals surface area contributed by atoms with E-state index >= 15 is 0 Å². The maximum atomic E-state index is 13.0. The third-order valence-electron chi connectivity index (χ3n) is 3.11. The molecule has 1 atom stereocenters. The van der Waals surface area contributed by atoms with Crippen LogP contribution in [-0.4, -0.2) is 22.6 Å². The van der Waals surface area contributed by atoms with Crippen LogP contribution in [0.1, 0.15) is 22.8 Å². The van der Waals surface area contributed by atoms with Crippen molar-refractivity contribution in [3.63, 3.8) is 0 Å². The number of pyridine rings is 1. The van der Waals surface area contributed by atoms with Crippen LogP contribution >= 0.6 is 0 Å². The first-order chi connectivity index (χ1) is 9.55. The van der Waals surface area contributed by atoms with Crippen LogP contribution in [0.3, 0.4) is 0 Å². The molecule has 104 valence electrons. The summed E-state index contributed by atoms with van der Waals surface area (Å²) < 4.78 is 13.0. The van der Waals surface area contributed by atoms with E-state index in [4.69, 9.17) is 0 Å². The van der Waals surface area contributed by atoms with E-state index in [-0.39, 0.29) is 12.2 Å². The van der Waals surface area contributed by atoms with Gasteiger partial charge in [-0.15, -0.1) is 0 Å². The van der Waals surface area contributed by atoms with Gasteiger partial charge in [0.15, 0.2) is 0 Å². The Morgan fingerprint density at radius 3 is 2.65 bits per heavy atom. The Morgan fingerprint density at radius 2 is 2.05 bits per heavy atom. The first kappa shape index (κ1) is 14.1. The minimum absolute atomic E-state index is 0.160. The van der Waals surface area contributed by atoms with E-state index in [1.54, 1.807) is 6.92 Å². The van der Waals surface area contributed by atoms with Crippen molar-refractivity contribution in [1.82, 2.24) is 10.3 Å². The molecule has 5 heteroatoms. The van der Waals surface area contributed by atoms with Crippen LogP contribution in [0.25, 0.3) is 0 Å². The van der Waals surface area contributed by atoms with Crippen molar-refractivity contribution in [1.29, 1.82) is 0 Å². The quantitative estimate of drug-likeness (QED) is 0.836. The van der Waals surface area contributed by atoms with Gasteiger partial charge in [0, 0.05) is 17.8 Å². The number of carbonyl (C=O) groups is 1. The van der Waals surface area contributed by atoms with Crippen molar-refractivity contribution >= 4 is 5.91 Å². The average molecular weight is 274 g/mol. The van der Waals surface area contributed by atoms with E-state index in [2.05, 4.69) is 10.3 Å². The second kappa shape index (κ2) is 5.79. The molecular weight excluding hydrogens is 259 g/mol. The molecule has 0 aliphatic rings. The summed E-state index contributed by atoms with van der Waals surface area (Å²) in [5.41, 5.74) is -0.00330. The highest BCUT2D eigenvalue weighted by Gasteiger charge is 2.28. The number of amides is 1. The fraction of sp³-hybridized carbons (Fsp3) is 0.200. The first-order valence-electron chi connectivity index (χ1n) is 6.15. The van der Waals surface area contributed by atoms with Crippen molar-refractivity contribution in [3.05, 3.63) is 65.7 Å². The van der Waals surface area contributed by atoms with Crippen molar-refractivity contribution in [3.8, 4) is 0 Å². The van der Waals surface area contributed by atoms with Gasteiger partial charge in [0.2, 0.25) is 5.95 Å². The number of hydrogen-bond acceptors (Lipinski definition) is 3. The Morgan fingerprint density at radius 1 is 1.35 bits per heavy atom. The van der Waals surface area contributed by atoms with Crippen LogP contribution in [0.5, 0.6) is 0 Å². The number of hydrogen-bond donors (Lipinski definition) is 2. The third-order valence-corrected chi connectivity index (χ3v) is 3.11. The monoisotopic (exact) mass is 274 g/mol. The first-order valence-corrected chi connectivity index (χ1v) is 6.15. The maximum absolute atomic E-state index is 13.0. The molecule has 1 aromatic heterocycles. The Balaban J connectivity index is 2.24. The number of rotatable bonds is 4. The summed E-state index contributed by atoms with van der Waals surface area (Å²) in [6.07, 6.45) is 1.23. The summed E-state index contributed by atoms with van der Waals surface area (Å²) in [5, 5.41) is 12.3. The molecule has 0 saturated heterocycles. The van der Waals surface area contributed by atoms with Crippen LogP contribution in [0.2, 0.25) is 0 Å². The number of carbonyl (C=O) groups excluding carboxylic acids is 1. The molecule has 1 heterocycles. The molecule has 0 spiro atoms. The van der Waals surface area contributed by atoms with Crippen molar-refractivity contribution in [2.24, 2.45) is 0 Å². The fourth-order valence-electron chi connectivity index (χ4n) is 1.88. The molecule has 0 bridgehead atoms. The predicted molar refractivity (Wildman–Crippen MR) is 72.5 cm³/mol. The average Bonchev–Trinajstić information content (AvgIpc) is 2.48. The van der Waals surface area contributed by atoms with Gasteiger partial charge in [0.05, 0.1) is 12.1 Å². The van der Waals surface area contributed by atoms with E-state index in [1.807, 2.05) is 30.3 Å². The predicted octanol–water partition coefficient (Wildman–Crippen LogP) is 1.86. The standard InChI is InChI=1S/C15H15FN2O2/c1-15(10-19,12-5-3-2-4-6-12)18-14(20)11-7-8-17-13(16)9-11/h2-9,19H,10H2,1H3,(H,18,20). The molecule has 1 amide bonds. The lowest BCUT2D eigenvalue weighted by Gasteiger charge is -2.29. The molecule has 2 rings (SSSR count). The Labute approximate surface area is 116 Å². The van der Waals surface area contributed by atoms with E-state index < -0.39 is 17.4 Å². The van der Waals surface area contributed by atoms with Crippen molar-refractivity contribution in [2.75, 3.05) is 6.61 Å². The molecule has 1 aromatic carbocycles. The Kier molecular flexibility index (Phi) is 4.10. The molecule has 2 aromatic rings. The van der Waals surface area contributed by atoms with Gasteiger partial charge in [-0.3, -0.25) is 4.79 Å². The van der Waals surface area contributed by atoms with Gasteiger partial charge in [-0.1, -0.05) is 30.3 Å². The number of halogens is 1. The zero-order chi connectivity index (χ0) is 14.6. The highest BCUT2D eigenvalue weighted by Crippen LogP contribution is 2.20. The van der Waals surface area contributed by atoms with Crippen LogP contribution in [0.4, 0.5) is 4.39 Å². The molecule has 0 aliphatic carbocycles. The molecule has 0 radical (unpaired) electrons. The largest absolute Gasteiger partial charge is 0.394 e. The number of nitrogens with zero attached hydrogens (tertiary/aromatic N) is 1. The minimum Gasteiger partial charge on any atom is -0.394 e. The van der Waals surface area contributed by atoms with Gasteiger partial charge in [0.1, 0.15) is 0 Å². The molecule has 0 aliphatic heterocycles. The van der Waals surface area contributed by atoms with Crippen molar-refractivity contribution < 1.29 is 14.3 Å². The lowest BCUT2D eigenvalue weighted by Crippen LogP contribution is -2.46.